The van der Waals surface area contributed by atoms with Gasteiger partial charge in [-0.05, 0) is 0 Å². The number of nitrogens with zero attached hydrogens (tertiary/aromatic N) is 1. The molecule has 0 aromatic heterocycles. The zero-order chi connectivity index (χ0) is 8.91. The molecule has 0 fully saturated rings. The van der Waals surface area contributed by atoms with Gasteiger partial charge < -0.3 is 0 Å². The van der Waals surface area contributed by atoms with Crippen LogP contribution in [0.15, 0.2) is 12.8 Å². The third-order valence-corrected chi connectivity index (χ3v) is 0.798. The number of rotatable bonds is 4. The van der Waals surface area contributed by atoms with E-state index in [2.05, 4.69) is 6.58 Å². The molecule has 2 N–H and O–H groups in total. The molecule has 6 heteroatoms. The van der Waals surface area contributed by atoms with Crippen LogP contribution >= 0.6 is 0 Å². The lowest BCUT2D eigenvalue weighted by molar-refractivity contribution is -0.129. The highest BCUT2D eigenvalue weighted by Crippen LogP contribution is 2.12. The molecule has 11 heavy (non-hydrogen) atoms. The molecule has 0 spiro atoms. The van der Waals surface area contributed by atoms with E-state index in [0.29, 0.717) is 6.34 Å². The zero-order valence-electron chi connectivity index (χ0n) is 5.65. The molecule has 0 aliphatic carbocycles. The first-order chi connectivity index (χ1) is 4.99. The first-order valence-corrected chi connectivity index (χ1v) is 2.71. The summed E-state index contributed by atoms with van der Waals surface area (Å²) in [6.45, 7) is 2.01. The molecule has 0 aromatic carbocycles. The lowest BCUT2D eigenvalue weighted by Gasteiger charge is -2.15. The van der Waals surface area contributed by atoms with E-state index >= 15 is 0 Å². The predicted octanol–water partition coefficient (Wildman–Crippen LogP) is 1.11. The van der Waals surface area contributed by atoms with Crippen LogP contribution in [0.4, 0.5) is 13.2 Å². The SMILES string of the molecule is C=CN(C=N)NCC(F)(F)F. The standard InChI is InChI=1S/C5H8F3N3/c1-2-11(4-9)10-3-5(6,7)8/h2,4,9-10H,1,3H2. The van der Waals surface area contributed by atoms with Gasteiger partial charge >= 0.3 is 6.18 Å². The normalized spacial score (nSPS) is 10.8. The smallest absolute Gasteiger partial charge is 0.290 e. The monoisotopic (exact) mass is 167 g/mol. The van der Waals surface area contributed by atoms with Gasteiger partial charge in [-0.3, -0.25) is 10.4 Å². The Labute approximate surface area is 62.0 Å². The minimum Gasteiger partial charge on any atom is -0.290 e. The van der Waals surface area contributed by atoms with Crippen LogP contribution in [-0.2, 0) is 0 Å². The van der Waals surface area contributed by atoms with E-state index in [1.807, 2.05) is 5.43 Å². The van der Waals surface area contributed by atoms with Crippen LogP contribution in [0, 0.1) is 5.41 Å². The number of nitrogens with one attached hydrogen (secondary N) is 2. The summed E-state index contributed by atoms with van der Waals surface area (Å²) in [6.07, 6.45) is -2.51. The van der Waals surface area contributed by atoms with Crippen molar-refractivity contribution in [2.24, 2.45) is 0 Å². The van der Waals surface area contributed by atoms with Gasteiger partial charge in [0, 0.05) is 6.20 Å². The number of hydrazine groups is 1. The molecule has 0 saturated heterocycles. The van der Waals surface area contributed by atoms with Gasteiger partial charge in [-0.25, -0.2) is 5.43 Å². The minimum atomic E-state index is -4.27. The molecule has 0 amide bonds. The third-order valence-electron chi connectivity index (χ3n) is 0.798. The van der Waals surface area contributed by atoms with Gasteiger partial charge in [0.1, 0.15) is 12.9 Å². The average Bonchev–Trinajstić information content (AvgIpc) is 1.88. The summed E-state index contributed by atoms with van der Waals surface area (Å²) >= 11 is 0. The summed E-state index contributed by atoms with van der Waals surface area (Å²) < 4.78 is 34.5. The molecule has 0 unspecified atom stereocenters. The van der Waals surface area contributed by atoms with E-state index in [1.54, 1.807) is 0 Å². The summed E-state index contributed by atoms with van der Waals surface area (Å²) in [6, 6.07) is 0. The molecule has 0 aromatic rings. The summed E-state index contributed by atoms with van der Waals surface area (Å²) in [5.74, 6) is 0. The van der Waals surface area contributed by atoms with Gasteiger partial charge in [0.25, 0.3) is 0 Å². The summed E-state index contributed by atoms with van der Waals surface area (Å²) in [7, 11) is 0. The lowest BCUT2D eigenvalue weighted by Crippen LogP contribution is -2.38. The second-order valence-electron chi connectivity index (χ2n) is 1.67. The van der Waals surface area contributed by atoms with Gasteiger partial charge in [-0.15, -0.1) is 0 Å². The molecule has 64 valence electrons. The highest BCUT2D eigenvalue weighted by Gasteiger charge is 2.26. The number of halogens is 3. The molecule has 0 atom stereocenters. The highest BCUT2D eigenvalue weighted by molar-refractivity contribution is 5.51. The van der Waals surface area contributed by atoms with Crippen LogP contribution in [0.1, 0.15) is 0 Å². The largest absolute Gasteiger partial charge is 0.402 e. The third kappa shape index (κ3) is 5.41. The number of alkyl halides is 3. The van der Waals surface area contributed by atoms with E-state index < -0.39 is 12.7 Å². The summed E-state index contributed by atoms with van der Waals surface area (Å²) in [5, 5.41) is 7.38. The Hall–Kier alpha value is -1.04. The molecular weight excluding hydrogens is 159 g/mol. The van der Waals surface area contributed by atoms with Crippen molar-refractivity contribution in [1.82, 2.24) is 10.4 Å². The van der Waals surface area contributed by atoms with Gasteiger partial charge in [-0.1, -0.05) is 6.58 Å². The van der Waals surface area contributed by atoms with Crippen molar-refractivity contribution in [3.05, 3.63) is 12.8 Å². The molecule has 0 aliphatic rings. The molecule has 0 saturated carbocycles. The lowest BCUT2D eigenvalue weighted by atomic mass is 10.6. The molecular formula is C5H8F3N3. The van der Waals surface area contributed by atoms with E-state index in [1.165, 1.54) is 0 Å². The topological polar surface area (TPSA) is 39.1 Å². The van der Waals surface area contributed by atoms with Gasteiger partial charge in [0.15, 0.2) is 0 Å². The van der Waals surface area contributed by atoms with Crippen molar-refractivity contribution < 1.29 is 13.2 Å². The van der Waals surface area contributed by atoms with E-state index in [-0.39, 0.29) is 0 Å². The van der Waals surface area contributed by atoms with Crippen molar-refractivity contribution in [2.75, 3.05) is 6.54 Å². The molecule has 3 nitrogen and oxygen atoms in total. The molecule has 0 aliphatic heterocycles. The fourth-order valence-electron chi connectivity index (χ4n) is 0.344. The van der Waals surface area contributed by atoms with Gasteiger partial charge in [0.05, 0.1) is 0 Å². The predicted molar refractivity (Wildman–Crippen MR) is 34.9 cm³/mol. The quantitative estimate of drug-likeness (QED) is 0.374. The Bertz CT molecular complexity index is 134. The highest BCUT2D eigenvalue weighted by atomic mass is 19.4. The van der Waals surface area contributed by atoms with Crippen LogP contribution in [0.3, 0.4) is 0 Å². The maximum Gasteiger partial charge on any atom is 0.402 e. The maximum absolute atomic E-state index is 11.5. The second kappa shape index (κ2) is 3.97. The Balaban J connectivity index is 3.68. The van der Waals surface area contributed by atoms with Gasteiger partial charge in [-0.2, -0.15) is 13.2 Å². The fraction of sp³-hybridized carbons (Fsp3) is 0.400. The Morgan fingerprint density at radius 2 is 2.09 bits per heavy atom. The Morgan fingerprint density at radius 3 is 2.36 bits per heavy atom. The average molecular weight is 167 g/mol. The van der Waals surface area contributed by atoms with Crippen LogP contribution in [0.25, 0.3) is 0 Å². The van der Waals surface area contributed by atoms with Crippen molar-refractivity contribution in [1.29, 1.82) is 5.41 Å². The van der Waals surface area contributed by atoms with E-state index in [4.69, 9.17) is 5.41 Å². The maximum atomic E-state index is 11.5. The number of hydrogen-bond acceptors (Lipinski definition) is 2. The summed E-state index contributed by atoms with van der Waals surface area (Å²) in [5.41, 5.74) is 1.91. The minimum absolute atomic E-state index is 0.693. The van der Waals surface area contributed by atoms with Crippen molar-refractivity contribution in [3.8, 4) is 0 Å². The second-order valence-corrected chi connectivity index (χ2v) is 1.67. The molecule has 0 rings (SSSR count). The van der Waals surface area contributed by atoms with E-state index in [9.17, 15) is 13.2 Å². The Morgan fingerprint density at radius 1 is 1.55 bits per heavy atom. The van der Waals surface area contributed by atoms with E-state index in [0.717, 1.165) is 11.2 Å². The van der Waals surface area contributed by atoms with Crippen LogP contribution < -0.4 is 5.43 Å². The van der Waals surface area contributed by atoms with Crippen LogP contribution in [0.5, 0.6) is 0 Å². The first-order valence-electron chi connectivity index (χ1n) is 2.71. The van der Waals surface area contributed by atoms with Crippen LogP contribution in [-0.4, -0.2) is 24.1 Å². The van der Waals surface area contributed by atoms with Gasteiger partial charge in [0.2, 0.25) is 0 Å². The zero-order valence-corrected chi connectivity index (χ0v) is 5.65. The molecule has 0 radical (unpaired) electrons. The molecule has 0 heterocycles. The first kappa shape index (κ1) is 9.96. The molecule has 0 bridgehead atoms. The van der Waals surface area contributed by atoms with Crippen molar-refractivity contribution in [3.63, 3.8) is 0 Å². The fourth-order valence-corrected chi connectivity index (χ4v) is 0.344. The summed E-state index contributed by atoms with van der Waals surface area (Å²) in [4.78, 5) is 0. The van der Waals surface area contributed by atoms with Crippen LogP contribution in [0.2, 0.25) is 0 Å². The van der Waals surface area contributed by atoms with Crippen molar-refractivity contribution >= 4 is 6.34 Å². The van der Waals surface area contributed by atoms with Crippen molar-refractivity contribution in [2.45, 2.75) is 6.18 Å². The number of hydrogen-bond donors (Lipinski definition) is 2. The Kier molecular flexibility index (Phi) is 3.59.